The lowest BCUT2D eigenvalue weighted by Crippen LogP contribution is -2.28. The molecular weight excluding hydrogens is 214 g/mol. The SMILES string of the molecule is c1c[nH]c(CNCC2CSCCS2)n1. The van der Waals surface area contributed by atoms with E-state index in [1.54, 1.807) is 6.20 Å². The van der Waals surface area contributed by atoms with Gasteiger partial charge in [0.2, 0.25) is 0 Å². The zero-order valence-electron chi connectivity index (χ0n) is 8.03. The van der Waals surface area contributed by atoms with Gasteiger partial charge in [-0.1, -0.05) is 0 Å². The van der Waals surface area contributed by atoms with Crippen LogP contribution in [0.4, 0.5) is 0 Å². The summed E-state index contributed by atoms with van der Waals surface area (Å²) in [4.78, 5) is 7.26. The molecule has 1 aliphatic rings. The second kappa shape index (κ2) is 5.68. The Bertz CT molecular complexity index is 245. The standard InChI is InChI=1S/C9H15N3S2/c1-2-12-9(11-1)6-10-5-8-7-13-3-4-14-8/h1-2,8,10H,3-7H2,(H,11,12). The van der Waals surface area contributed by atoms with Crippen LogP contribution in [0.5, 0.6) is 0 Å². The molecule has 1 atom stereocenters. The van der Waals surface area contributed by atoms with E-state index >= 15 is 0 Å². The summed E-state index contributed by atoms with van der Waals surface area (Å²) in [6.07, 6.45) is 3.66. The molecule has 1 aromatic rings. The third-order valence-corrected chi connectivity index (χ3v) is 4.95. The van der Waals surface area contributed by atoms with E-state index in [1.807, 2.05) is 6.20 Å². The molecule has 1 unspecified atom stereocenters. The monoisotopic (exact) mass is 229 g/mol. The normalized spacial score (nSPS) is 22.4. The molecule has 78 valence electrons. The van der Waals surface area contributed by atoms with E-state index < -0.39 is 0 Å². The number of aromatic amines is 1. The second-order valence-corrected chi connectivity index (χ2v) is 5.79. The number of rotatable bonds is 4. The molecule has 1 saturated heterocycles. The van der Waals surface area contributed by atoms with Gasteiger partial charge in [0.15, 0.2) is 0 Å². The smallest absolute Gasteiger partial charge is 0.120 e. The van der Waals surface area contributed by atoms with Crippen molar-refractivity contribution in [2.24, 2.45) is 0 Å². The van der Waals surface area contributed by atoms with Crippen LogP contribution in [0.3, 0.4) is 0 Å². The largest absolute Gasteiger partial charge is 0.348 e. The number of aromatic nitrogens is 2. The highest BCUT2D eigenvalue weighted by Gasteiger charge is 2.13. The van der Waals surface area contributed by atoms with Crippen LogP contribution < -0.4 is 5.32 Å². The minimum atomic E-state index is 0.781. The van der Waals surface area contributed by atoms with Gasteiger partial charge in [0.25, 0.3) is 0 Å². The Morgan fingerprint density at radius 3 is 3.29 bits per heavy atom. The van der Waals surface area contributed by atoms with Crippen LogP contribution in [-0.4, -0.2) is 39.0 Å². The van der Waals surface area contributed by atoms with Crippen LogP contribution in [0.15, 0.2) is 12.4 Å². The maximum atomic E-state index is 4.17. The number of nitrogens with zero attached hydrogens (tertiary/aromatic N) is 1. The van der Waals surface area contributed by atoms with Gasteiger partial charge in [0, 0.05) is 41.4 Å². The van der Waals surface area contributed by atoms with Crippen molar-refractivity contribution in [3.05, 3.63) is 18.2 Å². The predicted molar refractivity (Wildman–Crippen MR) is 63.9 cm³/mol. The molecule has 0 amide bonds. The third-order valence-electron chi connectivity index (χ3n) is 2.10. The molecule has 3 nitrogen and oxygen atoms in total. The van der Waals surface area contributed by atoms with E-state index in [1.165, 1.54) is 17.3 Å². The highest BCUT2D eigenvalue weighted by atomic mass is 32.2. The van der Waals surface area contributed by atoms with E-state index in [0.29, 0.717) is 0 Å². The Balaban J connectivity index is 1.62. The zero-order valence-corrected chi connectivity index (χ0v) is 9.66. The first-order valence-electron chi connectivity index (χ1n) is 4.83. The van der Waals surface area contributed by atoms with Gasteiger partial charge in [0.05, 0.1) is 6.54 Å². The molecule has 0 aromatic carbocycles. The lowest BCUT2D eigenvalue weighted by Gasteiger charge is -2.20. The molecule has 1 aliphatic heterocycles. The summed E-state index contributed by atoms with van der Waals surface area (Å²) >= 11 is 4.15. The topological polar surface area (TPSA) is 40.7 Å². The molecule has 0 saturated carbocycles. The summed E-state index contributed by atoms with van der Waals surface area (Å²) in [7, 11) is 0. The maximum Gasteiger partial charge on any atom is 0.120 e. The van der Waals surface area contributed by atoms with Gasteiger partial charge in [-0.05, 0) is 0 Å². The molecule has 1 aromatic heterocycles. The highest BCUT2D eigenvalue weighted by Crippen LogP contribution is 2.23. The second-order valence-electron chi connectivity index (χ2n) is 3.23. The van der Waals surface area contributed by atoms with Crippen molar-refractivity contribution in [2.45, 2.75) is 11.8 Å². The number of hydrogen-bond acceptors (Lipinski definition) is 4. The van der Waals surface area contributed by atoms with Gasteiger partial charge in [0.1, 0.15) is 5.82 Å². The van der Waals surface area contributed by atoms with Gasteiger partial charge in [-0.15, -0.1) is 0 Å². The Morgan fingerprint density at radius 2 is 2.57 bits per heavy atom. The predicted octanol–water partition coefficient (Wildman–Crippen LogP) is 1.35. The van der Waals surface area contributed by atoms with Crippen molar-refractivity contribution >= 4 is 23.5 Å². The van der Waals surface area contributed by atoms with Crippen LogP contribution >= 0.6 is 23.5 Å². The molecular formula is C9H15N3S2. The average molecular weight is 229 g/mol. The fourth-order valence-electron chi connectivity index (χ4n) is 1.40. The van der Waals surface area contributed by atoms with Crippen molar-refractivity contribution in [1.29, 1.82) is 0 Å². The molecule has 14 heavy (non-hydrogen) atoms. The van der Waals surface area contributed by atoms with E-state index in [0.717, 1.165) is 24.2 Å². The third kappa shape index (κ3) is 3.22. The molecule has 0 aliphatic carbocycles. The van der Waals surface area contributed by atoms with Crippen LogP contribution in [0.25, 0.3) is 0 Å². The van der Waals surface area contributed by atoms with Crippen molar-refractivity contribution < 1.29 is 0 Å². The van der Waals surface area contributed by atoms with Gasteiger partial charge < -0.3 is 10.3 Å². The van der Waals surface area contributed by atoms with E-state index in [9.17, 15) is 0 Å². The number of imidazole rings is 1. The minimum absolute atomic E-state index is 0.781. The number of H-pyrrole nitrogens is 1. The Labute approximate surface area is 92.8 Å². The van der Waals surface area contributed by atoms with Crippen molar-refractivity contribution in [3.8, 4) is 0 Å². The molecule has 2 rings (SSSR count). The first-order valence-corrected chi connectivity index (χ1v) is 7.04. The molecule has 2 heterocycles. The van der Waals surface area contributed by atoms with Gasteiger partial charge in [-0.2, -0.15) is 23.5 Å². The van der Waals surface area contributed by atoms with Crippen LogP contribution in [0, 0.1) is 0 Å². The summed E-state index contributed by atoms with van der Waals surface area (Å²) in [6, 6.07) is 0. The Hall–Kier alpha value is -0.130. The fourth-order valence-corrected chi connectivity index (χ4v) is 4.05. The summed E-state index contributed by atoms with van der Waals surface area (Å²) in [5.41, 5.74) is 0. The fraction of sp³-hybridized carbons (Fsp3) is 0.667. The first-order chi connectivity index (χ1) is 6.95. The number of thioether (sulfide) groups is 2. The summed E-state index contributed by atoms with van der Waals surface area (Å²) in [5, 5.41) is 4.21. The van der Waals surface area contributed by atoms with Crippen LogP contribution in [0.1, 0.15) is 5.82 Å². The van der Waals surface area contributed by atoms with Gasteiger partial charge in [-0.25, -0.2) is 4.98 Å². The van der Waals surface area contributed by atoms with Crippen molar-refractivity contribution in [2.75, 3.05) is 23.8 Å². The molecule has 0 radical (unpaired) electrons. The number of nitrogens with one attached hydrogen (secondary N) is 2. The summed E-state index contributed by atoms with van der Waals surface area (Å²) in [5.74, 6) is 4.94. The average Bonchev–Trinajstić information content (AvgIpc) is 2.72. The lowest BCUT2D eigenvalue weighted by molar-refractivity contribution is 0.664. The molecule has 0 spiro atoms. The van der Waals surface area contributed by atoms with E-state index in [2.05, 4.69) is 38.8 Å². The molecule has 1 fully saturated rings. The van der Waals surface area contributed by atoms with Gasteiger partial charge in [-0.3, -0.25) is 0 Å². The summed E-state index contributed by atoms with van der Waals surface area (Å²) in [6.45, 7) is 1.95. The summed E-state index contributed by atoms with van der Waals surface area (Å²) < 4.78 is 0. The van der Waals surface area contributed by atoms with E-state index in [-0.39, 0.29) is 0 Å². The molecule has 2 N–H and O–H groups in total. The van der Waals surface area contributed by atoms with E-state index in [4.69, 9.17) is 0 Å². The Morgan fingerprint density at radius 1 is 1.57 bits per heavy atom. The molecule has 5 heteroatoms. The van der Waals surface area contributed by atoms with Crippen LogP contribution in [-0.2, 0) is 6.54 Å². The van der Waals surface area contributed by atoms with Crippen molar-refractivity contribution in [1.82, 2.24) is 15.3 Å². The molecule has 0 bridgehead atoms. The van der Waals surface area contributed by atoms with Crippen molar-refractivity contribution in [3.63, 3.8) is 0 Å². The zero-order chi connectivity index (χ0) is 9.64. The van der Waals surface area contributed by atoms with Gasteiger partial charge >= 0.3 is 0 Å². The number of hydrogen-bond donors (Lipinski definition) is 2. The van der Waals surface area contributed by atoms with Crippen LogP contribution in [0.2, 0.25) is 0 Å². The lowest BCUT2D eigenvalue weighted by atomic mass is 10.4. The first kappa shape index (κ1) is 10.4. The maximum absolute atomic E-state index is 4.17. The minimum Gasteiger partial charge on any atom is -0.348 e. The Kier molecular flexibility index (Phi) is 4.21. The quantitative estimate of drug-likeness (QED) is 0.817. The highest BCUT2D eigenvalue weighted by molar-refractivity contribution is 8.06.